The molecule has 0 spiro atoms. The predicted octanol–water partition coefficient (Wildman–Crippen LogP) is 3.90. The molecule has 2 saturated heterocycles. The molecule has 3 atom stereocenters. The zero-order valence-electron chi connectivity index (χ0n) is 13.7. The first-order valence-electron chi connectivity index (χ1n) is 9.33. The molecule has 2 aliphatic heterocycles. The Morgan fingerprint density at radius 2 is 1.75 bits per heavy atom. The second-order valence-corrected chi connectivity index (χ2v) is 7.42. The highest BCUT2D eigenvalue weighted by Gasteiger charge is 2.39. The lowest BCUT2D eigenvalue weighted by molar-refractivity contribution is -0.00813. The van der Waals surface area contributed by atoms with Crippen LogP contribution >= 0.6 is 0 Å². The lowest BCUT2D eigenvalue weighted by Crippen LogP contribution is -2.60. The summed E-state index contributed by atoms with van der Waals surface area (Å²) >= 11 is 0. The molecule has 0 radical (unpaired) electrons. The summed E-state index contributed by atoms with van der Waals surface area (Å²) in [5, 5.41) is 0. The van der Waals surface area contributed by atoms with E-state index in [9.17, 15) is 0 Å². The summed E-state index contributed by atoms with van der Waals surface area (Å²) in [6.45, 7) is 8.93. The molecule has 0 amide bonds. The van der Waals surface area contributed by atoms with Crippen LogP contribution in [0.4, 0.5) is 0 Å². The van der Waals surface area contributed by atoms with E-state index in [0.29, 0.717) is 0 Å². The van der Waals surface area contributed by atoms with Crippen molar-refractivity contribution in [1.29, 1.82) is 0 Å². The largest absolute Gasteiger partial charge is 0.298 e. The number of hydrogen-bond donors (Lipinski definition) is 0. The van der Waals surface area contributed by atoms with Gasteiger partial charge in [-0.2, -0.15) is 0 Å². The Kier molecular flexibility index (Phi) is 5.04. The van der Waals surface area contributed by atoms with Gasteiger partial charge in [0.15, 0.2) is 0 Å². The second-order valence-electron chi connectivity index (χ2n) is 7.42. The predicted molar refractivity (Wildman–Crippen MR) is 86.0 cm³/mol. The average molecular weight is 278 g/mol. The molecule has 2 heteroatoms. The van der Waals surface area contributed by atoms with Crippen molar-refractivity contribution in [2.45, 2.75) is 89.8 Å². The molecular weight excluding hydrogens is 244 g/mol. The first-order valence-corrected chi connectivity index (χ1v) is 9.33. The summed E-state index contributed by atoms with van der Waals surface area (Å²) in [6.07, 6.45) is 13.1. The van der Waals surface area contributed by atoms with Crippen LogP contribution in [0.15, 0.2) is 0 Å². The SMILES string of the molecule is CCC1CN2CCCC2CN1C(CC)C1CCCCC1. The van der Waals surface area contributed by atoms with Gasteiger partial charge in [-0.25, -0.2) is 0 Å². The van der Waals surface area contributed by atoms with Gasteiger partial charge in [-0.05, 0) is 51.0 Å². The molecule has 3 rings (SSSR count). The van der Waals surface area contributed by atoms with E-state index in [1.807, 2.05) is 0 Å². The lowest BCUT2D eigenvalue weighted by atomic mass is 9.81. The minimum absolute atomic E-state index is 0.830. The Labute approximate surface area is 125 Å². The van der Waals surface area contributed by atoms with Crippen molar-refractivity contribution in [3.05, 3.63) is 0 Å². The molecule has 0 N–H and O–H groups in total. The molecule has 2 heterocycles. The fourth-order valence-corrected chi connectivity index (χ4v) is 5.24. The molecule has 1 saturated carbocycles. The molecule has 2 nitrogen and oxygen atoms in total. The van der Waals surface area contributed by atoms with E-state index in [-0.39, 0.29) is 0 Å². The Hall–Kier alpha value is -0.0800. The van der Waals surface area contributed by atoms with Crippen LogP contribution in [-0.2, 0) is 0 Å². The summed E-state index contributed by atoms with van der Waals surface area (Å²) in [7, 11) is 0. The van der Waals surface area contributed by atoms with Gasteiger partial charge in [-0.1, -0.05) is 33.1 Å². The van der Waals surface area contributed by atoms with E-state index >= 15 is 0 Å². The van der Waals surface area contributed by atoms with Gasteiger partial charge in [0.1, 0.15) is 0 Å². The summed E-state index contributed by atoms with van der Waals surface area (Å²) in [6, 6.07) is 2.59. The van der Waals surface area contributed by atoms with Crippen molar-refractivity contribution in [3.63, 3.8) is 0 Å². The highest BCUT2D eigenvalue weighted by molar-refractivity contribution is 4.95. The summed E-state index contributed by atoms with van der Waals surface area (Å²) < 4.78 is 0. The number of piperazine rings is 1. The van der Waals surface area contributed by atoms with Crippen LogP contribution in [0.25, 0.3) is 0 Å². The van der Waals surface area contributed by atoms with E-state index < -0.39 is 0 Å². The number of hydrogen-bond acceptors (Lipinski definition) is 2. The summed E-state index contributed by atoms with van der Waals surface area (Å²) in [5.41, 5.74) is 0. The maximum absolute atomic E-state index is 2.96. The van der Waals surface area contributed by atoms with Gasteiger partial charge in [-0.15, -0.1) is 0 Å². The van der Waals surface area contributed by atoms with Gasteiger partial charge in [0.05, 0.1) is 0 Å². The topological polar surface area (TPSA) is 6.48 Å². The van der Waals surface area contributed by atoms with Crippen molar-refractivity contribution in [2.24, 2.45) is 5.92 Å². The second kappa shape index (κ2) is 6.79. The van der Waals surface area contributed by atoms with Crippen LogP contribution in [0.1, 0.15) is 71.6 Å². The Balaban J connectivity index is 1.70. The first kappa shape index (κ1) is 14.8. The molecule has 3 unspecified atom stereocenters. The average Bonchev–Trinajstić information content (AvgIpc) is 2.95. The third-order valence-corrected chi connectivity index (χ3v) is 6.34. The fourth-order valence-electron chi connectivity index (χ4n) is 5.24. The minimum Gasteiger partial charge on any atom is -0.298 e. The molecule has 0 bridgehead atoms. The zero-order valence-corrected chi connectivity index (χ0v) is 13.7. The smallest absolute Gasteiger partial charge is 0.0224 e. The van der Waals surface area contributed by atoms with Crippen LogP contribution in [-0.4, -0.2) is 47.6 Å². The van der Waals surface area contributed by atoms with E-state index in [2.05, 4.69) is 23.6 Å². The van der Waals surface area contributed by atoms with Gasteiger partial charge < -0.3 is 0 Å². The van der Waals surface area contributed by atoms with Crippen LogP contribution in [0.3, 0.4) is 0 Å². The van der Waals surface area contributed by atoms with E-state index in [1.54, 1.807) is 0 Å². The molecule has 0 aromatic carbocycles. The molecule has 3 aliphatic rings. The van der Waals surface area contributed by atoms with Crippen LogP contribution in [0.2, 0.25) is 0 Å². The number of rotatable bonds is 4. The fraction of sp³-hybridized carbons (Fsp3) is 1.00. The van der Waals surface area contributed by atoms with Gasteiger partial charge in [-0.3, -0.25) is 9.80 Å². The first-order chi connectivity index (χ1) is 9.83. The van der Waals surface area contributed by atoms with Crippen molar-refractivity contribution in [2.75, 3.05) is 19.6 Å². The highest BCUT2D eigenvalue weighted by atomic mass is 15.3. The molecule has 1 aliphatic carbocycles. The van der Waals surface area contributed by atoms with E-state index in [0.717, 1.165) is 24.0 Å². The van der Waals surface area contributed by atoms with E-state index in [4.69, 9.17) is 0 Å². The highest BCUT2D eigenvalue weighted by Crippen LogP contribution is 2.35. The Morgan fingerprint density at radius 3 is 2.45 bits per heavy atom. The van der Waals surface area contributed by atoms with Crippen molar-refractivity contribution in [3.8, 4) is 0 Å². The van der Waals surface area contributed by atoms with Crippen molar-refractivity contribution >= 4 is 0 Å². The van der Waals surface area contributed by atoms with Crippen LogP contribution in [0.5, 0.6) is 0 Å². The summed E-state index contributed by atoms with van der Waals surface area (Å²) in [5.74, 6) is 0.996. The van der Waals surface area contributed by atoms with Crippen LogP contribution < -0.4 is 0 Å². The molecule has 20 heavy (non-hydrogen) atoms. The monoisotopic (exact) mass is 278 g/mol. The normalized spacial score (nSPS) is 35.1. The van der Waals surface area contributed by atoms with Gasteiger partial charge in [0, 0.05) is 31.2 Å². The molecule has 0 aromatic heterocycles. The quantitative estimate of drug-likeness (QED) is 0.769. The number of fused-ring (bicyclic) bond motifs is 1. The zero-order chi connectivity index (χ0) is 13.9. The van der Waals surface area contributed by atoms with Crippen molar-refractivity contribution in [1.82, 2.24) is 9.80 Å². The maximum Gasteiger partial charge on any atom is 0.0224 e. The molecule has 116 valence electrons. The third-order valence-electron chi connectivity index (χ3n) is 6.34. The van der Waals surface area contributed by atoms with Crippen molar-refractivity contribution < 1.29 is 0 Å². The third kappa shape index (κ3) is 2.92. The molecular formula is C18H34N2. The Bertz CT molecular complexity index is 298. The van der Waals surface area contributed by atoms with Gasteiger partial charge >= 0.3 is 0 Å². The van der Waals surface area contributed by atoms with Gasteiger partial charge in [0.25, 0.3) is 0 Å². The molecule has 3 fully saturated rings. The van der Waals surface area contributed by atoms with E-state index in [1.165, 1.54) is 77.4 Å². The standard InChI is InChI=1S/C18H34N2/c1-3-16-13-19-12-8-11-17(19)14-20(16)18(4-2)15-9-6-5-7-10-15/h15-18H,3-14H2,1-2H3. The minimum atomic E-state index is 0.830. The Morgan fingerprint density at radius 1 is 0.950 bits per heavy atom. The summed E-state index contributed by atoms with van der Waals surface area (Å²) in [4.78, 5) is 5.75. The lowest BCUT2D eigenvalue weighted by Gasteiger charge is -2.49. The van der Waals surface area contributed by atoms with Crippen LogP contribution in [0, 0.1) is 5.92 Å². The van der Waals surface area contributed by atoms with Gasteiger partial charge in [0.2, 0.25) is 0 Å². The maximum atomic E-state index is 2.96. The molecule has 0 aromatic rings. The number of nitrogens with zero attached hydrogens (tertiary/aromatic N) is 2.